The molecule has 2 rings (SSSR count). The number of hydrogen-bond donors (Lipinski definition) is 2. The first-order valence-electron chi connectivity index (χ1n) is 6.63. The molecule has 1 aliphatic heterocycles. The van der Waals surface area contributed by atoms with Crippen LogP contribution in [0.2, 0.25) is 0 Å². The minimum atomic E-state index is 0.0671. The zero-order valence-electron chi connectivity index (χ0n) is 10.5. The van der Waals surface area contributed by atoms with Gasteiger partial charge in [-0.3, -0.25) is 4.79 Å². The van der Waals surface area contributed by atoms with Gasteiger partial charge in [0.25, 0.3) is 0 Å². The first-order valence-corrected chi connectivity index (χ1v) is 6.63. The maximum absolute atomic E-state index is 12.2. The molecule has 3 heteroatoms. The van der Waals surface area contributed by atoms with Crippen LogP contribution in [0.5, 0.6) is 0 Å². The highest BCUT2D eigenvalue weighted by molar-refractivity contribution is 5.80. The van der Waals surface area contributed by atoms with Gasteiger partial charge in [0, 0.05) is 12.1 Å². The summed E-state index contributed by atoms with van der Waals surface area (Å²) in [4.78, 5) is 12.2. The van der Waals surface area contributed by atoms with E-state index in [4.69, 9.17) is 0 Å². The first-order chi connectivity index (χ1) is 7.61. The largest absolute Gasteiger partial charge is 0.351 e. The van der Waals surface area contributed by atoms with Gasteiger partial charge in [-0.25, -0.2) is 0 Å². The van der Waals surface area contributed by atoms with E-state index in [1.807, 2.05) is 0 Å². The molecular formula is C13H24N2O. The van der Waals surface area contributed by atoms with Crippen LogP contribution < -0.4 is 10.6 Å². The lowest BCUT2D eigenvalue weighted by Gasteiger charge is -2.35. The third kappa shape index (κ3) is 2.57. The van der Waals surface area contributed by atoms with Crippen molar-refractivity contribution in [2.24, 2.45) is 11.8 Å². The number of carbonyl (C=O) groups is 1. The molecule has 2 aliphatic rings. The summed E-state index contributed by atoms with van der Waals surface area (Å²) in [5.41, 5.74) is 0.0671. The number of hydrogen-bond acceptors (Lipinski definition) is 2. The number of amides is 1. The van der Waals surface area contributed by atoms with Crippen LogP contribution in [0.3, 0.4) is 0 Å². The van der Waals surface area contributed by atoms with E-state index in [9.17, 15) is 4.79 Å². The lowest BCUT2D eigenvalue weighted by atomic mass is 9.82. The van der Waals surface area contributed by atoms with Crippen molar-refractivity contribution in [1.29, 1.82) is 0 Å². The van der Waals surface area contributed by atoms with Crippen LogP contribution >= 0.6 is 0 Å². The Morgan fingerprint density at radius 3 is 2.50 bits per heavy atom. The zero-order valence-corrected chi connectivity index (χ0v) is 10.5. The Balaban J connectivity index is 1.90. The Morgan fingerprint density at radius 2 is 1.94 bits per heavy atom. The highest BCUT2D eigenvalue weighted by atomic mass is 16.2. The van der Waals surface area contributed by atoms with Crippen molar-refractivity contribution in [3.05, 3.63) is 0 Å². The molecule has 3 nitrogen and oxygen atoms in total. The van der Waals surface area contributed by atoms with Gasteiger partial charge in [-0.1, -0.05) is 26.2 Å². The molecule has 1 aliphatic carbocycles. The number of rotatable bonds is 2. The van der Waals surface area contributed by atoms with E-state index in [2.05, 4.69) is 24.5 Å². The van der Waals surface area contributed by atoms with E-state index in [-0.39, 0.29) is 17.4 Å². The summed E-state index contributed by atoms with van der Waals surface area (Å²) in [6.45, 7) is 6.20. The normalized spacial score (nSPS) is 33.6. The molecule has 0 aromatic rings. The molecule has 2 atom stereocenters. The Morgan fingerprint density at radius 1 is 1.25 bits per heavy atom. The molecule has 1 saturated heterocycles. The molecule has 0 aromatic carbocycles. The molecule has 0 unspecified atom stereocenters. The van der Waals surface area contributed by atoms with E-state index in [0.29, 0.717) is 5.92 Å². The van der Waals surface area contributed by atoms with E-state index in [1.54, 1.807) is 0 Å². The third-order valence-electron chi connectivity index (χ3n) is 4.24. The van der Waals surface area contributed by atoms with Crippen molar-refractivity contribution in [3.8, 4) is 0 Å². The fourth-order valence-electron chi connectivity index (χ4n) is 3.01. The predicted octanol–water partition coefficient (Wildman–Crippen LogP) is 1.68. The van der Waals surface area contributed by atoms with Gasteiger partial charge in [0.05, 0.1) is 5.92 Å². The molecule has 2 fully saturated rings. The van der Waals surface area contributed by atoms with E-state index in [1.165, 1.54) is 19.3 Å². The zero-order chi connectivity index (χ0) is 11.6. The van der Waals surface area contributed by atoms with Crippen LogP contribution in [-0.2, 0) is 4.79 Å². The second-order valence-electron chi connectivity index (χ2n) is 5.85. The summed E-state index contributed by atoms with van der Waals surface area (Å²) in [6.07, 6.45) is 6.14. The van der Waals surface area contributed by atoms with Crippen molar-refractivity contribution in [2.75, 3.05) is 13.1 Å². The van der Waals surface area contributed by atoms with Crippen molar-refractivity contribution >= 4 is 5.91 Å². The minimum absolute atomic E-state index is 0.0671. The maximum Gasteiger partial charge on any atom is 0.225 e. The molecule has 1 saturated carbocycles. The van der Waals surface area contributed by atoms with Crippen molar-refractivity contribution in [3.63, 3.8) is 0 Å². The molecule has 16 heavy (non-hydrogen) atoms. The highest BCUT2D eigenvalue weighted by Crippen LogP contribution is 2.28. The summed E-state index contributed by atoms with van der Waals surface area (Å²) in [5.74, 6) is 0.924. The van der Waals surface area contributed by atoms with Crippen molar-refractivity contribution in [2.45, 2.75) is 51.5 Å². The maximum atomic E-state index is 12.2. The van der Waals surface area contributed by atoms with Gasteiger partial charge in [-0.2, -0.15) is 0 Å². The molecule has 0 bridgehead atoms. The Bertz CT molecular complexity index is 259. The molecular weight excluding hydrogens is 200 g/mol. The molecule has 92 valence electrons. The highest BCUT2D eigenvalue weighted by Gasteiger charge is 2.34. The first kappa shape index (κ1) is 11.9. The van der Waals surface area contributed by atoms with Crippen LogP contribution in [0.25, 0.3) is 0 Å². The fraction of sp³-hybridized carbons (Fsp3) is 0.923. The SMILES string of the molecule is C[C@@H]1CNC[C@H]1C(=O)NC1(C)CCCCC1. The van der Waals surface area contributed by atoms with E-state index >= 15 is 0 Å². The van der Waals surface area contributed by atoms with Gasteiger partial charge >= 0.3 is 0 Å². The second kappa shape index (κ2) is 4.74. The molecule has 1 amide bonds. The number of carbonyl (C=O) groups excluding carboxylic acids is 1. The third-order valence-corrected chi connectivity index (χ3v) is 4.24. The van der Waals surface area contributed by atoms with Gasteiger partial charge in [-0.05, 0) is 32.2 Å². The van der Waals surface area contributed by atoms with E-state index in [0.717, 1.165) is 25.9 Å². The van der Waals surface area contributed by atoms with Crippen LogP contribution in [0.4, 0.5) is 0 Å². The average Bonchev–Trinajstić information content (AvgIpc) is 2.65. The molecule has 0 spiro atoms. The quantitative estimate of drug-likeness (QED) is 0.749. The molecule has 2 N–H and O–H groups in total. The lowest BCUT2D eigenvalue weighted by molar-refractivity contribution is -0.127. The fourth-order valence-corrected chi connectivity index (χ4v) is 3.01. The smallest absolute Gasteiger partial charge is 0.225 e. The van der Waals surface area contributed by atoms with Crippen LogP contribution in [-0.4, -0.2) is 24.5 Å². The summed E-state index contributed by atoms with van der Waals surface area (Å²) < 4.78 is 0. The summed E-state index contributed by atoms with van der Waals surface area (Å²) in [5, 5.41) is 6.58. The standard InChI is InChI=1S/C13H24N2O/c1-10-8-14-9-11(10)12(16)15-13(2)6-4-3-5-7-13/h10-11,14H,3-9H2,1-2H3,(H,15,16)/t10-,11-/m1/s1. The Hall–Kier alpha value is -0.570. The lowest BCUT2D eigenvalue weighted by Crippen LogP contribution is -2.50. The summed E-state index contributed by atoms with van der Waals surface area (Å²) in [7, 11) is 0. The number of nitrogens with one attached hydrogen (secondary N) is 2. The van der Waals surface area contributed by atoms with Crippen molar-refractivity contribution in [1.82, 2.24) is 10.6 Å². The molecule has 1 heterocycles. The van der Waals surface area contributed by atoms with Gasteiger partial charge in [0.2, 0.25) is 5.91 Å². The molecule has 0 aromatic heterocycles. The van der Waals surface area contributed by atoms with Crippen molar-refractivity contribution < 1.29 is 4.79 Å². The van der Waals surface area contributed by atoms with Crippen LogP contribution in [0.1, 0.15) is 46.0 Å². The monoisotopic (exact) mass is 224 g/mol. The van der Waals surface area contributed by atoms with Crippen LogP contribution in [0, 0.1) is 11.8 Å². The second-order valence-corrected chi connectivity index (χ2v) is 5.85. The summed E-state index contributed by atoms with van der Waals surface area (Å²) >= 11 is 0. The van der Waals surface area contributed by atoms with Gasteiger partial charge < -0.3 is 10.6 Å². The average molecular weight is 224 g/mol. The summed E-state index contributed by atoms with van der Waals surface area (Å²) in [6, 6.07) is 0. The van der Waals surface area contributed by atoms with E-state index < -0.39 is 0 Å². The minimum Gasteiger partial charge on any atom is -0.351 e. The molecule has 0 radical (unpaired) electrons. The van der Waals surface area contributed by atoms with Gasteiger partial charge in [0.1, 0.15) is 0 Å². The Labute approximate surface area is 98.4 Å². The Kier molecular flexibility index (Phi) is 3.53. The van der Waals surface area contributed by atoms with Gasteiger partial charge in [0.15, 0.2) is 0 Å². The van der Waals surface area contributed by atoms with Crippen LogP contribution in [0.15, 0.2) is 0 Å². The predicted molar refractivity (Wildman–Crippen MR) is 65.2 cm³/mol. The topological polar surface area (TPSA) is 41.1 Å². The van der Waals surface area contributed by atoms with Gasteiger partial charge in [-0.15, -0.1) is 0 Å².